The summed E-state index contributed by atoms with van der Waals surface area (Å²) in [4.78, 5) is 4.36. The minimum atomic E-state index is -4.33. The van der Waals surface area contributed by atoms with Gasteiger partial charge in [-0.1, -0.05) is 24.3 Å². The van der Waals surface area contributed by atoms with Crippen molar-refractivity contribution >= 4 is 11.5 Å². The number of alkyl halides is 3. The third kappa shape index (κ3) is 2.69. The number of pyridine rings is 1. The first-order valence-electron chi connectivity index (χ1n) is 6.32. The van der Waals surface area contributed by atoms with Crippen molar-refractivity contribution in [2.75, 3.05) is 5.73 Å². The van der Waals surface area contributed by atoms with Crippen molar-refractivity contribution in [2.45, 2.75) is 12.6 Å². The number of nitrogens with zero attached hydrogens (tertiary/aromatic N) is 2. The zero-order chi connectivity index (χ0) is 15.0. The Labute approximate surface area is 118 Å². The average molecular weight is 291 g/mol. The second kappa shape index (κ2) is 4.80. The summed E-state index contributed by atoms with van der Waals surface area (Å²) in [7, 11) is 0. The van der Waals surface area contributed by atoms with E-state index in [9.17, 15) is 13.2 Å². The van der Waals surface area contributed by atoms with Crippen molar-refractivity contribution in [3.8, 4) is 0 Å². The molecule has 0 fully saturated rings. The number of nitrogen functional groups attached to an aromatic ring is 1. The maximum absolute atomic E-state index is 12.7. The molecule has 3 rings (SSSR count). The van der Waals surface area contributed by atoms with Crippen molar-refractivity contribution in [3.05, 3.63) is 65.5 Å². The molecule has 0 aliphatic heterocycles. The zero-order valence-corrected chi connectivity index (χ0v) is 10.9. The fraction of sp³-hybridized carbons (Fsp3) is 0.133. The Hall–Kier alpha value is -2.50. The Morgan fingerprint density at radius 2 is 1.86 bits per heavy atom. The summed E-state index contributed by atoms with van der Waals surface area (Å²) in [6.45, 7) is 0. The van der Waals surface area contributed by atoms with Crippen LogP contribution in [-0.4, -0.2) is 9.38 Å². The van der Waals surface area contributed by atoms with Crippen LogP contribution in [0.15, 0.2) is 48.7 Å². The van der Waals surface area contributed by atoms with E-state index in [1.807, 2.05) is 0 Å². The van der Waals surface area contributed by atoms with Gasteiger partial charge in [-0.2, -0.15) is 13.2 Å². The Morgan fingerprint density at radius 1 is 1.10 bits per heavy atom. The molecule has 2 heterocycles. The summed E-state index contributed by atoms with van der Waals surface area (Å²) in [6, 6.07) is 10.6. The lowest BCUT2D eigenvalue weighted by Crippen LogP contribution is -2.05. The van der Waals surface area contributed by atoms with Crippen molar-refractivity contribution in [3.63, 3.8) is 0 Å². The van der Waals surface area contributed by atoms with Crippen LogP contribution in [0, 0.1) is 0 Å². The highest BCUT2D eigenvalue weighted by molar-refractivity contribution is 5.49. The molecular formula is C15H12F3N3. The summed E-state index contributed by atoms with van der Waals surface area (Å²) in [5.41, 5.74) is 7.08. The fourth-order valence-electron chi connectivity index (χ4n) is 2.23. The Balaban J connectivity index is 1.93. The summed E-state index contributed by atoms with van der Waals surface area (Å²) in [6.07, 6.45) is -2.27. The summed E-state index contributed by atoms with van der Waals surface area (Å²) >= 11 is 0. The van der Waals surface area contributed by atoms with Gasteiger partial charge < -0.3 is 5.73 Å². The maximum atomic E-state index is 12.7. The van der Waals surface area contributed by atoms with Crippen molar-refractivity contribution < 1.29 is 13.2 Å². The van der Waals surface area contributed by atoms with Crippen LogP contribution in [-0.2, 0) is 12.6 Å². The largest absolute Gasteiger partial charge is 0.416 e. The SMILES string of the molecule is Nc1cccc2nc(Cc3cccc(C(F)(F)F)c3)cn12. The highest BCUT2D eigenvalue weighted by atomic mass is 19.4. The number of aromatic nitrogens is 2. The molecule has 0 spiro atoms. The van der Waals surface area contributed by atoms with E-state index in [4.69, 9.17) is 5.73 Å². The van der Waals surface area contributed by atoms with Gasteiger partial charge >= 0.3 is 6.18 Å². The van der Waals surface area contributed by atoms with Crippen LogP contribution < -0.4 is 5.73 Å². The molecule has 21 heavy (non-hydrogen) atoms. The third-order valence-corrected chi connectivity index (χ3v) is 3.21. The van der Waals surface area contributed by atoms with Crippen LogP contribution in [0.5, 0.6) is 0 Å². The molecule has 108 valence electrons. The first-order valence-corrected chi connectivity index (χ1v) is 6.32. The Morgan fingerprint density at radius 3 is 2.57 bits per heavy atom. The van der Waals surface area contributed by atoms with Gasteiger partial charge in [0, 0.05) is 12.6 Å². The van der Waals surface area contributed by atoms with Crippen LogP contribution in [0.3, 0.4) is 0 Å². The zero-order valence-electron chi connectivity index (χ0n) is 10.9. The molecule has 0 unspecified atom stereocenters. The molecule has 0 aliphatic rings. The number of hydrogen-bond donors (Lipinski definition) is 1. The van der Waals surface area contributed by atoms with Gasteiger partial charge in [-0.3, -0.25) is 4.40 Å². The van der Waals surface area contributed by atoms with E-state index >= 15 is 0 Å². The van der Waals surface area contributed by atoms with E-state index in [0.29, 0.717) is 29.1 Å². The van der Waals surface area contributed by atoms with Crippen LogP contribution in [0.2, 0.25) is 0 Å². The maximum Gasteiger partial charge on any atom is 0.416 e. The molecule has 0 bridgehead atoms. The molecule has 0 aliphatic carbocycles. The van der Waals surface area contributed by atoms with Gasteiger partial charge in [0.2, 0.25) is 0 Å². The highest BCUT2D eigenvalue weighted by Gasteiger charge is 2.30. The fourth-order valence-corrected chi connectivity index (χ4v) is 2.23. The number of fused-ring (bicyclic) bond motifs is 1. The average Bonchev–Trinajstić information content (AvgIpc) is 2.82. The van der Waals surface area contributed by atoms with Crippen LogP contribution >= 0.6 is 0 Å². The number of halogens is 3. The smallest absolute Gasteiger partial charge is 0.385 e. The van der Waals surface area contributed by atoms with E-state index in [1.54, 1.807) is 34.9 Å². The van der Waals surface area contributed by atoms with Gasteiger partial charge in [-0.05, 0) is 23.8 Å². The van der Waals surface area contributed by atoms with E-state index < -0.39 is 11.7 Å². The molecule has 0 saturated carbocycles. The molecule has 1 aromatic carbocycles. The van der Waals surface area contributed by atoms with Gasteiger partial charge in [0.05, 0.1) is 11.3 Å². The molecule has 3 aromatic rings. The van der Waals surface area contributed by atoms with E-state index in [0.717, 1.165) is 12.1 Å². The van der Waals surface area contributed by atoms with E-state index in [1.165, 1.54) is 6.07 Å². The normalized spacial score (nSPS) is 12.0. The third-order valence-electron chi connectivity index (χ3n) is 3.21. The first kappa shape index (κ1) is 13.5. The molecule has 3 nitrogen and oxygen atoms in total. The number of anilines is 1. The number of hydrogen-bond acceptors (Lipinski definition) is 2. The van der Waals surface area contributed by atoms with Gasteiger partial charge in [0.15, 0.2) is 0 Å². The Kier molecular flexibility index (Phi) is 3.08. The quantitative estimate of drug-likeness (QED) is 0.785. The van der Waals surface area contributed by atoms with Crippen molar-refractivity contribution in [1.29, 1.82) is 0 Å². The van der Waals surface area contributed by atoms with Gasteiger partial charge in [0.1, 0.15) is 11.5 Å². The van der Waals surface area contributed by atoms with Gasteiger partial charge in [0.25, 0.3) is 0 Å². The summed E-state index contributed by atoms with van der Waals surface area (Å²) < 4.78 is 39.8. The summed E-state index contributed by atoms with van der Waals surface area (Å²) in [5.74, 6) is 0.537. The lowest BCUT2D eigenvalue weighted by Gasteiger charge is -2.07. The summed E-state index contributed by atoms with van der Waals surface area (Å²) in [5, 5.41) is 0. The van der Waals surface area contributed by atoms with E-state index in [2.05, 4.69) is 4.98 Å². The minimum Gasteiger partial charge on any atom is -0.385 e. The van der Waals surface area contributed by atoms with Crippen molar-refractivity contribution in [2.24, 2.45) is 0 Å². The first-order chi connectivity index (χ1) is 9.93. The van der Waals surface area contributed by atoms with Crippen LogP contribution in [0.25, 0.3) is 5.65 Å². The molecule has 0 radical (unpaired) electrons. The predicted molar refractivity (Wildman–Crippen MR) is 73.9 cm³/mol. The topological polar surface area (TPSA) is 43.3 Å². The van der Waals surface area contributed by atoms with Crippen LogP contribution in [0.1, 0.15) is 16.8 Å². The van der Waals surface area contributed by atoms with Crippen molar-refractivity contribution in [1.82, 2.24) is 9.38 Å². The van der Waals surface area contributed by atoms with Gasteiger partial charge in [-0.15, -0.1) is 0 Å². The van der Waals surface area contributed by atoms with Gasteiger partial charge in [-0.25, -0.2) is 4.98 Å². The second-order valence-electron chi connectivity index (χ2n) is 4.79. The molecule has 6 heteroatoms. The van der Waals surface area contributed by atoms with Crippen LogP contribution in [0.4, 0.5) is 19.0 Å². The number of imidazole rings is 1. The second-order valence-corrected chi connectivity index (χ2v) is 4.79. The number of rotatable bonds is 2. The number of nitrogens with two attached hydrogens (primary N) is 1. The molecule has 2 aromatic heterocycles. The van der Waals surface area contributed by atoms with E-state index in [-0.39, 0.29) is 0 Å². The Bertz CT molecular complexity index is 790. The standard InChI is InChI=1S/C15H12F3N3/c16-15(17,18)11-4-1-3-10(7-11)8-12-9-21-13(19)5-2-6-14(21)20-12/h1-7,9H,8,19H2. The molecule has 2 N–H and O–H groups in total. The predicted octanol–water partition coefficient (Wildman–Crippen LogP) is 3.53. The molecule has 0 amide bonds. The molecular weight excluding hydrogens is 279 g/mol. The minimum absolute atomic E-state index is 0.324. The molecule has 0 saturated heterocycles. The lowest BCUT2D eigenvalue weighted by molar-refractivity contribution is -0.137. The highest BCUT2D eigenvalue weighted by Crippen LogP contribution is 2.30. The molecule has 0 atom stereocenters. The lowest BCUT2D eigenvalue weighted by atomic mass is 10.1. The monoisotopic (exact) mass is 291 g/mol. The number of benzene rings is 1.